The van der Waals surface area contributed by atoms with Crippen LogP contribution in [0, 0.1) is 18.8 Å². The van der Waals surface area contributed by atoms with Crippen molar-refractivity contribution in [2.45, 2.75) is 19.6 Å². The molecule has 0 spiro atoms. The summed E-state index contributed by atoms with van der Waals surface area (Å²) >= 11 is 0. The third kappa shape index (κ3) is 5.55. The Kier molecular flexibility index (Phi) is 6.79. The van der Waals surface area contributed by atoms with Gasteiger partial charge in [-0.2, -0.15) is 18.3 Å². The Hall–Kier alpha value is -4.58. The van der Waals surface area contributed by atoms with E-state index in [1.165, 1.54) is 18.2 Å². The maximum Gasteiger partial charge on any atom is 0.416 e. The Morgan fingerprint density at radius 3 is 2.53 bits per heavy atom. The number of nitrogen functional groups attached to an aromatic ring is 1. The fourth-order valence-corrected chi connectivity index (χ4v) is 3.62. The first-order valence-electron chi connectivity index (χ1n) is 10.9. The zero-order valence-electron chi connectivity index (χ0n) is 19.5. The lowest BCUT2D eigenvalue weighted by molar-refractivity contribution is -0.138. The van der Waals surface area contributed by atoms with Crippen molar-refractivity contribution < 1.29 is 18.0 Å². The lowest BCUT2D eigenvalue weighted by Crippen LogP contribution is -2.25. The van der Waals surface area contributed by atoms with Crippen molar-refractivity contribution in [1.29, 1.82) is 0 Å². The van der Waals surface area contributed by atoms with Crippen LogP contribution < -0.4 is 11.1 Å². The number of hydrogen-bond acceptors (Lipinski definition) is 4. The van der Waals surface area contributed by atoms with E-state index in [1.54, 1.807) is 48.4 Å². The molecule has 0 saturated carbocycles. The number of nitrogens with two attached hydrogens (primary N) is 1. The minimum absolute atomic E-state index is 0.0239. The summed E-state index contributed by atoms with van der Waals surface area (Å²) in [4.78, 5) is 17.1. The number of aryl methyl sites for hydroxylation is 2. The molecule has 0 bridgehead atoms. The molecule has 4 rings (SSSR count). The number of rotatable bonds is 4. The van der Waals surface area contributed by atoms with Gasteiger partial charge in [-0.25, -0.2) is 4.98 Å². The SMILES string of the molecule is Cc1ccc(C(=O)NCc2ccccc2C(F)(F)F)c(C#Cc2cc(-c3cnn(C)c3)cnc2N)c1. The molecule has 9 heteroatoms. The van der Waals surface area contributed by atoms with Crippen LogP contribution in [0.1, 0.15) is 38.2 Å². The van der Waals surface area contributed by atoms with Gasteiger partial charge in [0.1, 0.15) is 5.82 Å². The van der Waals surface area contributed by atoms with Gasteiger partial charge < -0.3 is 11.1 Å². The zero-order valence-corrected chi connectivity index (χ0v) is 19.5. The summed E-state index contributed by atoms with van der Waals surface area (Å²) in [5.74, 6) is 5.65. The van der Waals surface area contributed by atoms with Crippen LogP contribution in [0.4, 0.5) is 19.0 Å². The molecule has 2 aromatic carbocycles. The number of amides is 1. The first-order chi connectivity index (χ1) is 17.1. The number of halogens is 3. The summed E-state index contributed by atoms with van der Waals surface area (Å²) in [5, 5.41) is 6.73. The van der Waals surface area contributed by atoms with Gasteiger partial charge in [0.15, 0.2) is 0 Å². The number of carbonyl (C=O) groups excluding carboxylic acids is 1. The third-order valence-corrected chi connectivity index (χ3v) is 5.47. The molecule has 0 aliphatic rings. The van der Waals surface area contributed by atoms with Gasteiger partial charge in [-0.1, -0.05) is 36.1 Å². The van der Waals surface area contributed by atoms with Gasteiger partial charge in [0, 0.05) is 42.7 Å². The summed E-state index contributed by atoms with van der Waals surface area (Å²) in [6.45, 7) is 1.57. The topological polar surface area (TPSA) is 85.8 Å². The van der Waals surface area contributed by atoms with Gasteiger partial charge >= 0.3 is 6.18 Å². The predicted octanol–water partition coefficient (Wildman–Crippen LogP) is 4.72. The van der Waals surface area contributed by atoms with E-state index < -0.39 is 17.6 Å². The van der Waals surface area contributed by atoms with Crippen LogP contribution in [-0.4, -0.2) is 20.7 Å². The van der Waals surface area contributed by atoms with Crippen molar-refractivity contribution in [3.8, 4) is 23.0 Å². The maximum atomic E-state index is 13.3. The van der Waals surface area contributed by atoms with E-state index >= 15 is 0 Å². The average molecular weight is 490 g/mol. The number of nitrogens with zero attached hydrogens (tertiary/aromatic N) is 3. The highest BCUT2D eigenvalue weighted by atomic mass is 19.4. The maximum absolute atomic E-state index is 13.3. The molecule has 3 N–H and O–H groups in total. The van der Waals surface area contributed by atoms with Gasteiger partial charge in [-0.15, -0.1) is 0 Å². The molecule has 0 aliphatic heterocycles. The lowest BCUT2D eigenvalue weighted by Gasteiger charge is -2.13. The van der Waals surface area contributed by atoms with Crippen LogP contribution >= 0.6 is 0 Å². The second-order valence-electron chi connectivity index (χ2n) is 8.20. The minimum atomic E-state index is -4.51. The molecule has 0 atom stereocenters. The second kappa shape index (κ2) is 9.96. The second-order valence-corrected chi connectivity index (χ2v) is 8.20. The van der Waals surface area contributed by atoms with Crippen LogP contribution in [0.15, 0.2) is 67.1 Å². The monoisotopic (exact) mass is 489 g/mol. The van der Waals surface area contributed by atoms with Gasteiger partial charge in [0.05, 0.1) is 22.9 Å². The van der Waals surface area contributed by atoms with Crippen molar-refractivity contribution in [1.82, 2.24) is 20.1 Å². The Bertz CT molecular complexity index is 1500. The normalized spacial score (nSPS) is 11.0. The van der Waals surface area contributed by atoms with Crippen molar-refractivity contribution in [2.24, 2.45) is 7.05 Å². The molecule has 2 heterocycles. The first-order valence-corrected chi connectivity index (χ1v) is 10.9. The van der Waals surface area contributed by atoms with E-state index in [-0.39, 0.29) is 23.5 Å². The quantitative estimate of drug-likeness (QED) is 0.406. The Morgan fingerprint density at radius 1 is 1.06 bits per heavy atom. The summed E-state index contributed by atoms with van der Waals surface area (Å²) in [7, 11) is 1.81. The summed E-state index contributed by atoms with van der Waals surface area (Å²) in [6, 6.07) is 12.0. The van der Waals surface area contributed by atoms with Gasteiger partial charge in [0.25, 0.3) is 5.91 Å². The van der Waals surface area contributed by atoms with Crippen LogP contribution in [0.25, 0.3) is 11.1 Å². The number of aromatic nitrogens is 3. The lowest BCUT2D eigenvalue weighted by atomic mass is 10.0. The Morgan fingerprint density at radius 2 is 1.81 bits per heavy atom. The highest BCUT2D eigenvalue weighted by Crippen LogP contribution is 2.31. The molecule has 0 unspecified atom stereocenters. The molecule has 182 valence electrons. The predicted molar refractivity (Wildman–Crippen MR) is 131 cm³/mol. The highest BCUT2D eigenvalue weighted by Gasteiger charge is 2.32. The largest absolute Gasteiger partial charge is 0.416 e. The van der Waals surface area contributed by atoms with E-state index in [1.807, 2.05) is 13.1 Å². The fourth-order valence-electron chi connectivity index (χ4n) is 3.62. The first kappa shape index (κ1) is 24.5. The Balaban J connectivity index is 1.61. The molecule has 1 amide bonds. The molecule has 2 aromatic heterocycles. The zero-order chi connectivity index (χ0) is 25.9. The van der Waals surface area contributed by atoms with Crippen molar-refractivity contribution in [3.63, 3.8) is 0 Å². The molecule has 0 aliphatic carbocycles. The van der Waals surface area contributed by atoms with E-state index in [2.05, 4.69) is 27.2 Å². The minimum Gasteiger partial charge on any atom is -0.383 e. The standard InChI is InChI=1S/C27H22F3N5O/c1-17-7-10-23(26(36)33-13-20-5-3-4-6-24(20)27(28,29)30)18(11-17)8-9-19-12-21(14-32-25(19)31)22-15-34-35(2)16-22/h3-7,10-12,14-16H,13H2,1-2H3,(H2,31,32)(H,33,36). The van der Waals surface area contributed by atoms with E-state index in [4.69, 9.17) is 5.73 Å². The smallest absolute Gasteiger partial charge is 0.383 e. The fraction of sp³-hybridized carbons (Fsp3) is 0.148. The van der Waals surface area contributed by atoms with Gasteiger partial charge in [-0.05, 0) is 42.3 Å². The Labute approximate surface area is 206 Å². The van der Waals surface area contributed by atoms with Crippen molar-refractivity contribution >= 4 is 11.7 Å². The third-order valence-electron chi connectivity index (χ3n) is 5.47. The molecular formula is C27H22F3N5O. The molecule has 6 nitrogen and oxygen atoms in total. The number of carbonyl (C=O) groups is 1. The molecule has 4 aromatic rings. The van der Waals surface area contributed by atoms with Crippen LogP contribution in [-0.2, 0) is 19.8 Å². The molecular weight excluding hydrogens is 467 g/mol. The number of pyridine rings is 1. The van der Waals surface area contributed by atoms with E-state index in [0.717, 1.165) is 22.8 Å². The number of hydrogen-bond donors (Lipinski definition) is 2. The molecule has 36 heavy (non-hydrogen) atoms. The van der Waals surface area contributed by atoms with Gasteiger partial charge in [-0.3, -0.25) is 9.48 Å². The van der Waals surface area contributed by atoms with Crippen LogP contribution in [0.3, 0.4) is 0 Å². The number of anilines is 1. The number of benzene rings is 2. The van der Waals surface area contributed by atoms with E-state index in [0.29, 0.717) is 11.1 Å². The average Bonchev–Trinajstić information content (AvgIpc) is 3.28. The summed E-state index contributed by atoms with van der Waals surface area (Å²) in [5.41, 5.74) is 8.85. The van der Waals surface area contributed by atoms with Crippen molar-refractivity contribution in [2.75, 3.05) is 5.73 Å². The molecule has 0 saturated heterocycles. The number of nitrogens with one attached hydrogen (secondary N) is 1. The van der Waals surface area contributed by atoms with Crippen molar-refractivity contribution in [3.05, 3.63) is 101 Å². The van der Waals surface area contributed by atoms with Gasteiger partial charge in [0.2, 0.25) is 0 Å². The summed E-state index contributed by atoms with van der Waals surface area (Å²) < 4.78 is 41.5. The number of alkyl halides is 3. The van der Waals surface area contributed by atoms with Crippen LogP contribution in [0.2, 0.25) is 0 Å². The molecule has 0 fully saturated rings. The summed E-state index contributed by atoms with van der Waals surface area (Å²) in [6.07, 6.45) is 0.649. The highest BCUT2D eigenvalue weighted by molar-refractivity contribution is 5.97. The van der Waals surface area contributed by atoms with Crippen LogP contribution in [0.5, 0.6) is 0 Å². The molecule has 0 radical (unpaired) electrons. The van der Waals surface area contributed by atoms with E-state index in [9.17, 15) is 18.0 Å².